The van der Waals surface area contributed by atoms with Crippen molar-refractivity contribution in [1.82, 2.24) is 0 Å². The third kappa shape index (κ3) is 3.87. The summed E-state index contributed by atoms with van der Waals surface area (Å²) in [4.78, 5) is 14.3. The van der Waals surface area contributed by atoms with E-state index in [4.69, 9.17) is 19.2 Å². The summed E-state index contributed by atoms with van der Waals surface area (Å²) < 4.78 is 16.9. The van der Waals surface area contributed by atoms with Crippen LogP contribution in [0.25, 0.3) is 11.0 Å². The molecule has 0 amide bonds. The van der Waals surface area contributed by atoms with E-state index >= 15 is 0 Å². The third-order valence-electron chi connectivity index (χ3n) is 3.96. The largest absolute Gasteiger partial charge is 0.493 e. The highest BCUT2D eigenvalue weighted by Crippen LogP contribution is 2.24. The minimum absolute atomic E-state index is 0.0571. The van der Waals surface area contributed by atoms with Gasteiger partial charge < -0.3 is 18.8 Å². The lowest BCUT2D eigenvalue weighted by Gasteiger charge is -2.27. The molecule has 3 rings (SSSR count). The van der Waals surface area contributed by atoms with Gasteiger partial charge in [-0.2, -0.15) is 5.26 Å². The maximum atomic E-state index is 12.3. The van der Waals surface area contributed by atoms with Crippen LogP contribution < -0.4 is 15.1 Å². The standard InChI is InChI=1S/C18H20N2O4/c19-6-2-1-3-9-23-14-4-5-15-16(21)13-18(24-17(15)12-14)20-7-10-22-11-8-20/h4-5,12-13H,1-3,7-11H2. The number of anilines is 1. The zero-order chi connectivity index (χ0) is 16.8. The number of ether oxygens (including phenoxy) is 2. The van der Waals surface area contributed by atoms with Gasteiger partial charge in [-0.3, -0.25) is 4.79 Å². The Labute approximate surface area is 140 Å². The molecule has 1 aromatic carbocycles. The molecule has 6 heteroatoms. The fraction of sp³-hybridized carbons (Fsp3) is 0.444. The van der Waals surface area contributed by atoms with Gasteiger partial charge in [0.05, 0.1) is 31.3 Å². The van der Waals surface area contributed by atoms with E-state index < -0.39 is 0 Å². The molecule has 24 heavy (non-hydrogen) atoms. The predicted octanol–water partition coefficient (Wildman–Crippen LogP) is 2.70. The minimum Gasteiger partial charge on any atom is -0.493 e. The van der Waals surface area contributed by atoms with Gasteiger partial charge in [-0.05, 0) is 25.0 Å². The first-order valence-corrected chi connectivity index (χ1v) is 8.18. The first-order chi connectivity index (χ1) is 11.8. The molecule has 1 aliphatic rings. The van der Waals surface area contributed by atoms with Crippen molar-refractivity contribution in [3.8, 4) is 11.8 Å². The smallest absolute Gasteiger partial charge is 0.200 e. The number of fused-ring (bicyclic) bond motifs is 1. The second-order valence-corrected chi connectivity index (χ2v) is 5.67. The van der Waals surface area contributed by atoms with E-state index in [0.717, 1.165) is 12.8 Å². The van der Waals surface area contributed by atoms with Crippen LogP contribution in [0.15, 0.2) is 33.5 Å². The van der Waals surface area contributed by atoms with Crippen LogP contribution in [0, 0.1) is 11.3 Å². The van der Waals surface area contributed by atoms with Gasteiger partial charge in [0.15, 0.2) is 11.3 Å². The molecule has 6 nitrogen and oxygen atoms in total. The zero-order valence-corrected chi connectivity index (χ0v) is 13.5. The van der Waals surface area contributed by atoms with Gasteiger partial charge in [-0.1, -0.05) is 0 Å². The SMILES string of the molecule is N#CCCCCOc1ccc2c(=O)cc(N3CCOCC3)oc2c1. The Morgan fingerprint density at radius 3 is 2.83 bits per heavy atom. The minimum atomic E-state index is -0.0571. The molecule has 0 atom stereocenters. The summed E-state index contributed by atoms with van der Waals surface area (Å²) in [6, 6.07) is 8.91. The molecule has 0 bridgehead atoms. The molecule has 0 saturated carbocycles. The lowest BCUT2D eigenvalue weighted by atomic mass is 10.2. The van der Waals surface area contributed by atoms with E-state index in [1.807, 2.05) is 4.90 Å². The van der Waals surface area contributed by atoms with Crippen molar-refractivity contribution in [2.24, 2.45) is 0 Å². The van der Waals surface area contributed by atoms with Crippen molar-refractivity contribution in [2.75, 3.05) is 37.8 Å². The quantitative estimate of drug-likeness (QED) is 0.759. The van der Waals surface area contributed by atoms with Crippen molar-refractivity contribution in [3.63, 3.8) is 0 Å². The number of nitriles is 1. The Bertz CT molecular complexity index is 788. The van der Waals surface area contributed by atoms with Gasteiger partial charge in [-0.25, -0.2) is 0 Å². The highest BCUT2D eigenvalue weighted by Gasteiger charge is 2.15. The van der Waals surface area contributed by atoms with Crippen LogP contribution in [0.5, 0.6) is 5.75 Å². The topological polar surface area (TPSA) is 75.7 Å². The number of hydrogen-bond donors (Lipinski definition) is 0. The maximum absolute atomic E-state index is 12.3. The molecular formula is C18H20N2O4. The number of morpholine rings is 1. The van der Waals surface area contributed by atoms with Gasteiger partial charge >= 0.3 is 0 Å². The molecule has 2 aromatic rings. The lowest BCUT2D eigenvalue weighted by Crippen LogP contribution is -2.36. The van der Waals surface area contributed by atoms with Crippen LogP contribution in [0.3, 0.4) is 0 Å². The van der Waals surface area contributed by atoms with Crippen LogP contribution in [-0.2, 0) is 4.74 Å². The summed E-state index contributed by atoms with van der Waals surface area (Å²) in [7, 11) is 0. The molecule has 1 aromatic heterocycles. The molecule has 2 heterocycles. The van der Waals surface area contributed by atoms with E-state index in [2.05, 4.69) is 6.07 Å². The average molecular weight is 328 g/mol. The number of hydrogen-bond acceptors (Lipinski definition) is 6. The summed E-state index contributed by atoms with van der Waals surface area (Å²) in [6.45, 7) is 3.23. The van der Waals surface area contributed by atoms with Crippen molar-refractivity contribution >= 4 is 16.9 Å². The molecule has 0 spiro atoms. The fourth-order valence-electron chi connectivity index (χ4n) is 2.65. The van der Waals surface area contributed by atoms with Crippen molar-refractivity contribution in [3.05, 3.63) is 34.5 Å². The van der Waals surface area contributed by atoms with Crippen LogP contribution >= 0.6 is 0 Å². The molecule has 1 saturated heterocycles. The summed E-state index contributed by atoms with van der Waals surface area (Å²) in [5.74, 6) is 1.24. The maximum Gasteiger partial charge on any atom is 0.200 e. The van der Waals surface area contributed by atoms with E-state index in [0.29, 0.717) is 61.9 Å². The van der Waals surface area contributed by atoms with E-state index in [1.165, 1.54) is 6.07 Å². The summed E-state index contributed by atoms with van der Waals surface area (Å²) >= 11 is 0. The highest BCUT2D eigenvalue weighted by atomic mass is 16.5. The Kier molecular flexibility index (Phi) is 5.34. The molecule has 0 aliphatic carbocycles. The summed E-state index contributed by atoms with van der Waals surface area (Å²) in [5, 5.41) is 9.06. The summed E-state index contributed by atoms with van der Waals surface area (Å²) in [6.07, 6.45) is 2.18. The molecule has 1 fully saturated rings. The van der Waals surface area contributed by atoms with Gasteiger partial charge in [0.2, 0.25) is 0 Å². The second kappa shape index (κ2) is 7.84. The van der Waals surface area contributed by atoms with Gasteiger partial charge in [0.1, 0.15) is 11.3 Å². The second-order valence-electron chi connectivity index (χ2n) is 5.67. The van der Waals surface area contributed by atoms with Crippen LogP contribution in [0.1, 0.15) is 19.3 Å². The Morgan fingerprint density at radius 2 is 2.04 bits per heavy atom. The average Bonchev–Trinajstić information content (AvgIpc) is 2.62. The van der Waals surface area contributed by atoms with Crippen LogP contribution in [0.2, 0.25) is 0 Å². The predicted molar refractivity (Wildman–Crippen MR) is 90.5 cm³/mol. The van der Waals surface area contributed by atoms with Crippen molar-refractivity contribution in [2.45, 2.75) is 19.3 Å². The molecule has 0 N–H and O–H groups in total. The van der Waals surface area contributed by atoms with Crippen LogP contribution in [-0.4, -0.2) is 32.9 Å². The normalized spacial score (nSPS) is 14.5. The Hall–Kier alpha value is -2.52. The highest BCUT2D eigenvalue weighted by molar-refractivity contribution is 5.79. The van der Waals surface area contributed by atoms with Gasteiger partial charge in [0.25, 0.3) is 0 Å². The monoisotopic (exact) mass is 328 g/mol. The first kappa shape index (κ1) is 16.3. The third-order valence-corrected chi connectivity index (χ3v) is 3.96. The van der Waals surface area contributed by atoms with Crippen molar-refractivity contribution in [1.29, 1.82) is 5.26 Å². The van der Waals surface area contributed by atoms with E-state index in [1.54, 1.807) is 18.2 Å². The summed E-state index contributed by atoms with van der Waals surface area (Å²) in [5.41, 5.74) is 0.469. The van der Waals surface area contributed by atoms with Gasteiger partial charge in [0, 0.05) is 31.6 Å². The molecule has 126 valence electrons. The molecular weight excluding hydrogens is 308 g/mol. The Balaban J connectivity index is 1.77. The molecule has 1 aliphatic heterocycles. The van der Waals surface area contributed by atoms with Crippen LogP contribution in [0.4, 0.5) is 5.88 Å². The van der Waals surface area contributed by atoms with Gasteiger partial charge in [-0.15, -0.1) is 0 Å². The lowest BCUT2D eigenvalue weighted by molar-refractivity contribution is 0.121. The number of unbranched alkanes of at least 4 members (excludes halogenated alkanes) is 2. The van der Waals surface area contributed by atoms with Crippen molar-refractivity contribution < 1.29 is 13.9 Å². The number of nitrogens with zero attached hydrogens (tertiary/aromatic N) is 2. The number of benzene rings is 1. The Morgan fingerprint density at radius 1 is 1.21 bits per heavy atom. The first-order valence-electron chi connectivity index (χ1n) is 8.18. The molecule has 0 unspecified atom stereocenters. The van der Waals surface area contributed by atoms with E-state index in [9.17, 15) is 4.79 Å². The van der Waals surface area contributed by atoms with E-state index in [-0.39, 0.29) is 5.43 Å². The molecule has 0 radical (unpaired) electrons. The zero-order valence-electron chi connectivity index (χ0n) is 13.5. The number of rotatable bonds is 6. The fourth-order valence-corrected chi connectivity index (χ4v) is 2.65.